The van der Waals surface area contributed by atoms with E-state index in [1.54, 1.807) is 20.4 Å². The molecule has 5 nitrogen and oxygen atoms in total. The van der Waals surface area contributed by atoms with Crippen LogP contribution in [0.1, 0.15) is 11.1 Å². The van der Waals surface area contributed by atoms with Crippen molar-refractivity contribution >= 4 is 5.95 Å². The van der Waals surface area contributed by atoms with Crippen LogP contribution in [0.15, 0.2) is 12.3 Å². The molecule has 2 N–H and O–H groups in total. The zero-order valence-electron chi connectivity index (χ0n) is 11.9. The van der Waals surface area contributed by atoms with Gasteiger partial charge in [-0.15, -0.1) is 0 Å². The number of methoxy groups -OCH3 is 2. The summed E-state index contributed by atoms with van der Waals surface area (Å²) in [5, 5.41) is 2.97. The van der Waals surface area contributed by atoms with Crippen LogP contribution < -0.4 is 14.8 Å². The summed E-state index contributed by atoms with van der Waals surface area (Å²) >= 11 is 0. The monoisotopic (exact) mass is 261 g/mol. The Morgan fingerprint density at radius 3 is 2.42 bits per heavy atom. The Hall–Kier alpha value is -2.17. The van der Waals surface area contributed by atoms with Crippen molar-refractivity contribution in [2.24, 2.45) is 0 Å². The number of nitrogens with one attached hydrogen (secondary N) is 2. The van der Waals surface area contributed by atoms with E-state index in [2.05, 4.69) is 15.3 Å². The van der Waals surface area contributed by atoms with Gasteiger partial charge in [-0.3, -0.25) is 0 Å². The first kappa shape index (κ1) is 13.3. The number of ether oxygens (including phenoxy) is 2. The predicted octanol–water partition coefficient (Wildman–Crippen LogP) is 2.75. The highest BCUT2D eigenvalue weighted by Crippen LogP contribution is 2.38. The van der Waals surface area contributed by atoms with Gasteiger partial charge in [0.05, 0.1) is 26.1 Å². The maximum atomic E-state index is 5.53. The Bertz CT molecular complexity index is 591. The van der Waals surface area contributed by atoms with Crippen molar-refractivity contribution in [3.8, 4) is 22.8 Å². The standard InChI is InChI=1S/C14H19N3O2/c1-8-9(2)13(19-5)10(6-12(8)18-4)11-7-16-14(15-3)17-11/h6-7H,1-5H3,(H2,15,16,17). The molecule has 1 heterocycles. The molecule has 0 aliphatic rings. The molecule has 0 bridgehead atoms. The minimum Gasteiger partial charge on any atom is -0.496 e. The fourth-order valence-corrected chi connectivity index (χ4v) is 2.12. The first-order chi connectivity index (χ1) is 9.12. The Labute approximate surface area is 113 Å². The van der Waals surface area contributed by atoms with Crippen LogP contribution in [-0.4, -0.2) is 31.2 Å². The smallest absolute Gasteiger partial charge is 0.200 e. The topological polar surface area (TPSA) is 59.2 Å². The van der Waals surface area contributed by atoms with Crippen molar-refractivity contribution in [3.05, 3.63) is 23.4 Å². The summed E-state index contributed by atoms with van der Waals surface area (Å²) in [5.41, 5.74) is 3.98. The largest absolute Gasteiger partial charge is 0.496 e. The number of rotatable bonds is 4. The maximum Gasteiger partial charge on any atom is 0.200 e. The van der Waals surface area contributed by atoms with E-state index in [-0.39, 0.29) is 0 Å². The van der Waals surface area contributed by atoms with E-state index in [0.29, 0.717) is 5.95 Å². The van der Waals surface area contributed by atoms with Gasteiger partial charge in [0, 0.05) is 12.6 Å². The molecule has 0 radical (unpaired) electrons. The second kappa shape index (κ2) is 5.22. The number of nitrogens with zero attached hydrogens (tertiary/aromatic N) is 1. The molecular weight excluding hydrogens is 242 g/mol. The molecular formula is C14H19N3O2. The third kappa shape index (κ3) is 2.23. The molecule has 102 valence electrons. The first-order valence-electron chi connectivity index (χ1n) is 6.07. The number of hydrogen-bond donors (Lipinski definition) is 2. The van der Waals surface area contributed by atoms with Crippen LogP contribution >= 0.6 is 0 Å². The van der Waals surface area contributed by atoms with Crippen molar-refractivity contribution < 1.29 is 9.47 Å². The molecule has 0 aliphatic carbocycles. The molecule has 1 aromatic carbocycles. The minimum atomic E-state index is 0.717. The van der Waals surface area contributed by atoms with E-state index in [1.165, 1.54) is 0 Å². The van der Waals surface area contributed by atoms with Gasteiger partial charge in [-0.05, 0) is 31.0 Å². The zero-order valence-corrected chi connectivity index (χ0v) is 11.9. The van der Waals surface area contributed by atoms with Crippen molar-refractivity contribution in [2.45, 2.75) is 13.8 Å². The number of aromatic nitrogens is 2. The summed E-state index contributed by atoms with van der Waals surface area (Å²) in [7, 11) is 5.16. The van der Waals surface area contributed by atoms with E-state index in [0.717, 1.165) is 33.9 Å². The summed E-state index contributed by atoms with van der Waals surface area (Å²) in [6.45, 7) is 4.04. The van der Waals surface area contributed by atoms with E-state index in [9.17, 15) is 0 Å². The Morgan fingerprint density at radius 1 is 1.16 bits per heavy atom. The number of aromatic amines is 1. The molecule has 1 aromatic heterocycles. The van der Waals surface area contributed by atoms with E-state index in [1.807, 2.05) is 27.0 Å². The molecule has 0 atom stereocenters. The Morgan fingerprint density at radius 2 is 1.89 bits per heavy atom. The highest BCUT2D eigenvalue weighted by molar-refractivity contribution is 5.73. The van der Waals surface area contributed by atoms with Crippen molar-refractivity contribution in [3.63, 3.8) is 0 Å². The van der Waals surface area contributed by atoms with E-state index in [4.69, 9.17) is 9.47 Å². The quantitative estimate of drug-likeness (QED) is 0.888. The van der Waals surface area contributed by atoms with Crippen molar-refractivity contribution in [1.82, 2.24) is 9.97 Å². The number of H-pyrrole nitrogens is 1. The minimum absolute atomic E-state index is 0.717. The fourth-order valence-electron chi connectivity index (χ4n) is 2.12. The average molecular weight is 261 g/mol. The molecule has 0 saturated carbocycles. The van der Waals surface area contributed by atoms with Gasteiger partial charge in [-0.1, -0.05) is 0 Å². The van der Waals surface area contributed by atoms with Crippen molar-refractivity contribution in [2.75, 3.05) is 26.6 Å². The Kier molecular flexibility index (Phi) is 3.64. The second-order valence-corrected chi connectivity index (χ2v) is 4.31. The van der Waals surface area contributed by atoms with Crippen LogP contribution in [0.3, 0.4) is 0 Å². The third-order valence-corrected chi connectivity index (χ3v) is 3.32. The summed E-state index contributed by atoms with van der Waals surface area (Å²) in [6, 6.07) is 1.97. The first-order valence-corrected chi connectivity index (χ1v) is 6.07. The van der Waals surface area contributed by atoms with Crippen LogP contribution in [0.2, 0.25) is 0 Å². The lowest BCUT2D eigenvalue weighted by Crippen LogP contribution is -1.98. The van der Waals surface area contributed by atoms with Gasteiger partial charge in [-0.2, -0.15) is 0 Å². The van der Waals surface area contributed by atoms with Crippen LogP contribution in [-0.2, 0) is 0 Å². The average Bonchev–Trinajstić information content (AvgIpc) is 2.90. The number of imidazole rings is 1. The maximum absolute atomic E-state index is 5.53. The molecule has 2 rings (SSSR count). The fraction of sp³-hybridized carbons (Fsp3) is 0.357. The molecule has 0 saturated heterocycles. The van der Waals surface area contributed by atoms with Gasteiger partial charge in [0.25, 0.3) is 0 Å². The van der Waals surface area contributed by atoms with Gasteiger partial charge in [0.2, 0.25) is 0 Å². The number of benzene rings is 1. The zero-order chi connectivity index (χ0) is 14.0. The molecule has 0 aliphatic heterocycles. The molecule has 0 unspecified atom stereocenters. The molecule has 19 heavy (non-hydrogen) atoms. The molecule has 2 aromatic rings. The van der Waals surface area contributed by atoms with Crippen LogP contribution in [0.25, 0.3) is 11.3 Å². The highest BCUT2D eigenvalue weighted by Gasteiger charge is 2.16. The van der Waals surface area contributed by atoms with E-state index < -0.39 is 0 Å². The van der Waals surface area contributed by atoms with Crippen LogP contribution in [0.5, 0.6) is 11.5 Å². The van der Waals surface area contributed by atoms with Gasteiger partial charge in [0.15, 0.2) is 5.95 Å². The SMILES string of the molecule is CNc1ncc(-c2cc(OC)c(C)c(C)c2OC)[nH]1. The molecule has 5 heteroatoms. The third-order valence-electron chi connectivity index (χ3n) is 3.32. The Balaban J connectivity index is 2.64. The predicted molar refractivity (Wildman–Crippen MR) is 76.1 cm³/mol. The number of anilines is 1. The van der Waals surface area contributed by atoms with Gasteiger partial charge in [0.1, 0.15) is 11.5 Å². The lowest BCUT2D eigenvalue weighted by atomic mass is 10.0. The normalized spacial score (nSPS) is 10.4. The number of hydrogen-bond acceptors (Lipinski definition) is 4. The lowest BCUT2D eigenvalue weighted by molar-refractivity contribution is 0.399. The van der Waals surface area contributed by atoms with E-state index >= 15 is 0 Å². The second-order valence-electron chi connectivity index (χ2n) is 4.31. The van der Waals surface area contributed by atoms with Gasteiger partial charge < -0.3 is 19.8 Å². The summed E-state index contributed by atoms with van der Waals surface area (Å²) < 4.78 is 10.9. The summed E-state index contributed by atoms with van der Waals surface area (Å²) in [4.78, 5) is 7.43. The molecule has 0 spiro atoms. The van der Waals surface area contributed by atoms with Crippen molar-refractivity contribution in [1.29, 1.82) is 0 Å². The van der Waals surface area contributed by atoms with Gasteiger partial charge in [-0.25, -0.2) is 4.98 Å². The highest BCUT2D eigenvalue weighted by atomic mass is 16.5. The molecule has 0 amide bonds. The van der Waals surface area contributed by atoms with Crippen LogP contribution in [0, 0.1) is 13.8 Å². The lowest BCUT2D eigenvalue weighted by Gasteiger charge is -2.15. The summed E-state index contributed by atoms with van der Waals surface area (Å²) in [5.74, 6) is 2.40. The van der Waals surface area contributed by atoms with Crippen LogP contribution in [0.4, 0.5) is 5.95 Å². The van der Waals surface area contributed by atoms with Gasteiger partial charge >= 0.3 is 0 Å². The molecule has 0 fully saturated rings. The summed E-state index contributed by atoms with van der Waals surface area (Å²) in [6.07, 6.45) is 1.78.